The van der Waals surface area contributed by atoms with Crippen LogP contribution in [0.2, 0.25) is 0 Å². The summed E-state index contributed by atoms with van der Waals surface area (Å²) in [5.74, 6) is 0. The van der Waals surface area contributed by atoms with Gasteiger partial charge in [0.2, 0.25) is 0 Å². The predicted molar refractivity (Wildman–Crippen MR) is 37.1 cm³/mol. The molecule has 0 spiro atoms. The molecule has 0 radical (unpaired) electrons. The van der Waals surface area contributed by atoms with Crippen molar-refractivity contribution >= 4 is 0 Å². The van der Waals surface area contributed by atoms with E-state index in [0.29, 0.717) is 12.2 Å². The minimum atomic E-state index is 0.261. The third kappa shape index (κ3) is 1.74. The van der Waals surface area contributed by atoms with Crippen molar-refractivity contribution in [2.24, 2.45) is 0 Å². The number of hydrogen-bond donors (Lipinski definition) is 1. The summed E-state index contributed by atoms with van der Waals surface area (Å²) in [5, 5.41) is 11.5. The van der Waals surface area contributed by atoms with Gasteiger partial charge in [-0.05, 0) is 6.92 Å². The molecule has 1 rings (SSSR count). The van der Waals surface area contributed by atoms with E-state index < -0.39 is 0 Å². The summed E-state index contributed by atoms with van der Waals surface area (Å²) in [5.41, 5.74) is 0.696. The van der Waals surface area contributed by atoms with E-state index in [1.165, 1.54) is 6.26 Å². The van der Waals surface area contributed by atoms with E-state index in [2.05, 4.69) is 11.4 Å². The second-order valence-electron chi connectivity index (χ2n) is 2.10. The summed E-state index contributed by atoms with van der Waals surface area (Å²) in [7, 11) is 0. The number of nitrogens with one attached hydrogen (secondary N) is 1. The Morgan fingerprint density at radius 3 is 3.10 bits per heavy atom. The monoisotopic (exact) mass is 138 g/mol. The number of hydrogen-bond acceptors (Lipinski definition) is 3. The van der Waals surface area contributed by atoms with Gasteiger partial charge in [0.1, 0.15) is 0 Å². The Labute approximate surface area is 60.3 Å². The van der Waals surface area contributed by atoms with Crippen LogP contribution in [-0.2, 0) is 4.74 Å². The van der Waals surface area contributed by atoms with Crippen molar-refractivity contribution in [3.63, 3.8) is 0 Å². The SMILES string of the molecule is CCO/C=C(/C#N)C1CN1. The summed E-state index contributed by atoms with van der Waals surface area (Å²) in [4.78, 5) is 0. The summed E-state index contributed by atoms with van der Waals surface area (Å²) in [6.45, 7) is 3.43. The highest BCUT2D eigenvalue weighted by Gasteiger charge is 2.24. The molecule has 3 heteroatoms. The molecule has 0 saturated carbocycles. The maximum atomic E-state index is 8.52. The highest BCUT2D eigenvalue weighted by Crippen LogP contribution is 2.09. The molecule has 1 fully saturated rings. The molecule has 0 aromatic heterocycles. The van der Waals surface area contributed by atoms with Crippen LogP contribution in [0.25, 0.3) is 0 Å². The molecule has 10 heavy (non-hydrogen) atoms. The average Bonchev–Trinajstić information content (AvgIpc) is 2.73. The van der Waals surface area contributed by atoms with Crippen LogP contribution in [-0.4, -0.2) is 19.2 Å². The lowest BCUT2D eigenvalue weighted by molar-refractivity contribution is 0.266. The summed E-state index contributed by atoms with van der Waals surface area (Å²) in [6.07, 6.45) is 1.53. The van der Waals surface area contributed by atoms with Crippen LogP contribution in [0.3, 0.4) is 0 Å². The van der Waals surface area contributed by atoms with Gasteiger partial charge in [0.05, 0.1) is 30.6 Å². The Kier molecular flexibility index (Phi) is 2.30. The molecule has 1 N–H and O–H groups in total. The molecule has 0 amide bonds. The molecule has 0 aliphatic carbocycles. The van der Waals surface area contributed by atoms with Crippen LogP contribution in [0, 0.1) is 11.3 Å². The van der Waals surface area contributed by atoms with Gasteiger partial charge < -0.3 is 10.1 Å². The lowest BCUT2D eigenvalue weighted by atomic mass is 10.2. The second-order valence-corrected chi connectivity index (χ2v) is 2.10. The summed E-state index contributed by atoms with van der Waals surface area (Å²) < 4.78 is 4.96. The van der Waals surface area contributed by atoms with E-state index in [9.17, 15) is 0 Å². The predicted octanol–water partition coefficient (Wildman–Crippen LogP) is 0.402. The average molecular weight is 138 g/mol. The molecule has 1 atom stereocenters. The molecule has 1 unspecified atom stereocenters. The van der Waals surface area contributed by atoms with Gasteiger partial charge in [-0.15, -0.1) is 0 Å². The number of rotatable bonds is 3. The van der Waals surface area contributed by atoms with Gasteiger partial charge in [0.25, 0.3) is 0 Å². The minimum absolute atomic E-state index is 0.261. The fourth-order valence-corrected chi connectivity index (χ4v) is 0.638. The fourth-order valence-electron chi connectivity index (χ4n) is 0.638. The first-order valence-corrected chi connectivity index (χ1v) is 3.33. The zero-order valence-corrected chi connectivity index (χ0v) is 5.92. The molecule has 54 valence electrons. The minimum Gasteiger partial charge on any atom is -0.500 e. The van der Waals surface area contributed by atoms with E-state index in [1.807, 2.05) is 6.92 Å². The van der Waals surface area contributed by atoms with Gasteiger partial charge >= 0.3 is 0 Å². The first-order valence-electron chi connectivity index (χ1n) is 3.33. The fraction of sp³-hybridized carbons (Fsp3) is 0.571. The van der Waals surface area contributed by atoms with Crippen LogP contribution >= 0.6 is 0 Å². The zero-order chi connectivity index (χ0) is 7.40. The van der Waals surface area contributed by atoms with E-state index in [0.717, 1.165) is 6.54 Å². The Morgan fingerprint density at radius 1 is 2.00 bits per heavy atom. The maximum Gasteiger partial charge on any atom is 0.0996 e. The Bertz CT molecular complexity index is 177. The molecule has 3 nitrogen and oxygen atoms in total. The second kappa shape index (κ2) is 3.23. The smallest absolute Gasteiger partial charge is 0.0996 e. The van der Waals surface area contributed by atoms with Crippen molar-refractivity contribution in [3.05, 3.63) is 11.8 Å². The van der Waals surface area contributed by atoms with E-state index >= 15 is 0 Å². The number of ether oxygens (including phenoxy) is 1. The molecule has 0 bridgehead atoms. The third-order valence-electron chi connectivity index (χ3n) is 1.29. The molecular weight excluding hydrogens is 128 g/mol. The zero-order valence-electron chi connectivity index (χ0n) is 5.92. The van der Waals surface area contributed by atoms with Gasteiger partial charge in [0.15, 0.2) is 0 Å². The maximum absolute atomic E-state index is 8.52. The van der Waals surface area contributed by atoms with Crippen molar-refractivity contribution < 1.29 is 4.74 Å². The van der Waals surface area contributed by atoms with Crippen LogP contribution in [0.1, 0.15) is 6.92 Å². The Morgan fingerprint density at radius 2 is 2.70 bits per heavy atom. The highest BCUT2D eigenvalue weighted by molar-refractivity contribution is 5.30. The lowest BCUT2D eigenvalue weighted by Crippen LogP contribution is -1.95. The van der Waals surface area contributed by atoms with Crippen LogP contribution in [0.4, 0.5) is 0 Å². The lowest BCUT2D eigenvalue weighted by Gasteiger charge is -1.93. The topological polar surface area (TPSA) is 55.0 Å². The number of nitriles is 1. The van der Waals surface area contributed by atoms with Crippen molar-refractivity contribution in [2.75, 3.05) is 13.2 Å². The first-order chi connectivity index (χ1) is 4.88. The van der Waals surface area contributed by atoms with Gasteiger partial charge in [-0.2, -0.15) is 5.26 Å². The molecule has 1 aliphatic heterocycles. The van der Waals surface area contributed by atoms with Crippen LogP contribution in [0.15, 0.2) is 11.8 Å². The van der Waals surface area contributed by atoms with E-state index in [-0.39, 0.29) is 6.04 Å². The molecule has 1 aliphatic rings. The van der Waals surface area contributed by atoms with Gasteiger partial charge in [-0.25, -0.2) is 0 Å². The Balaban J connectivity index is 2.39. The van der Waals surface area contributed by atoms with Gasteiger partial charge in [0, 0.05) is 6.54 Å². The molecule has 0 aromatic rings. The van der Waals surface area contributed by atoms with Crippen molar-refractivity contribution in [1.82, 2.24) is 5.32 Å². The van der Waals surface area contributed by atoms with E-state index in [1.54, 1.807) is 0 Å². The Hall–Kier alpha value is -1.01. The third-order valence-corrected chi connectivity index (χ3v) is 1.29. The number of nitrogens with zero attached hydrogens (tertiary/aromatic N) is 1. The van der Waals surface area contributed by atoms with Gasteiger partial charge in [-0.3, -0.25) is 0 Å². The normalized spacial score (nSPS) is 23.6. The summed E-state index contributed by atoms with van der Waals surface area (Å²) in [6, 6.07) is 2.33. The van der Waals surface area contributed by atoms with Crippen molar-refractivity contribution in [3.8, 4) is 6.07 Å². The molecule has 1 heterocycles. The first kappa shape index (κ1) is 7.10. The molecular formula is C7H10N2O. The van der Waals surface area contributed by atoms with Gasteiger partial charge in [-0.1, -0.05) is 0 Å². The quantitative estimate of drug-likeness (QED) is 0.349. The molecule has 1 saturated heterocycles. The van der Waals surface area contributed by atoms with E-state index in [4.69, 9.17) is 10.00 Å². The standard InChI is InChI=1S/C7H10N2O/c1-2-10-5-6(3-8)7-4-9-7/h5,7,9H,2,4H2,1H3/b6-5-. The van der Waals surface area contributed by atoms with Crippen LogP contribution in [0.5, 0.6) is 0 Å². The van der Waals surface area contributed by atoms with Crippen molar-refractivity contribution in [1.29, 1.82) is 5.26 Å². The van der Waals surface area contributed by atoms with Crippen molar-refractivity contribution in [2.45, 2.75) is 13.0 Å². The largest absolute Gasteiger partial charge is 0.500 e. The summed E-state index contributed by atoms with van der Waals surface area (Å²) >= 11 is 0. The molecule has 0 aromatic carbocycles. The van der Waals surface area contributed by atoms with Crippen LogP contribution < -0.4 is 5.32 Å². The highest BCUT2D eigenvalue weighted by atomic mass is 16.5.